The first-order valence-corrected chi connectivity index (χ1v) is 6.96. The third kappa shape index (κ3) is 2.58. The van der Waals surface area contributed by atoms with Crippen molar-refractivity contribution in [2.24, 2.45) is 0 Å². The molecule has 3 rings (SSSR count). The van der Waals surface area contributed by atoms with Gasteiger partial charge in [-0.3, -0.25) is 0 Å². The van der Waals surface area contributed by atoms with Gasteiger partial charge >= 0.3 is 0 Å². The number of benzene rings is 2. The lowest BCUT2D eigenvalue weighted by molar-refractivity contribution is 0.469. The Balaban J connectivity index is 1.79. The van der Waals surface area contributed by atoms with E-state index in [1.807, 2.05) is 18.2 Å². The molecule has 2 heteroatoms. The van der Waals surface area contributed by atoms with Crippen LogP contribution in [0.4, 0.5) is 5.69 Å². The van der Waals surface area contributed by atoms with Crippen LogP contribution in [0.1, 0.15) is 29.5 Å². The number of hydrogen-bond acceptors (Lipinski definition) is 2. The quantitative estimate of drug-likeness (QED) is 0.870. The number of para-hydroxylation sites is 1. The van der Waals surface area contributed by atoms with Crippen molar-refractivity contribution in [2.75, 3.05) is 5.32 Å². The summed E-state index contributed by atoms with van der Waals surface area (Å²) in [6, 6.07) is 14.0. The topological polar surface area (TPSA) is 32.3 Å². The number of fused-ring (bicyclic) bond motifs is 1. The second kappa shape index (κ2) is 5.35. The molecule has 0 fully saturated rings. The van der Waals surface area contributed by atoms with E-state index in [9.17, 15) is 5.11 Å². The Labute approximate surface area is 114 Å². The fourth-order valence-electron chi connectivity index (χ4n) is 2.80. The molecule has 0 aliphatic heterocycles. The lowest BCUT2D eigenvalue weighted by atomic mass is 9.90. The van der Waals surface area contributed by atoms with Crippen LogP contribution in [0.2, 0.25) is 0 Å². The maximum Gasteiger partial charge on any atom is 0.120 e. The van der Waals surface area contributed by atoms with Crippen molar-refractivity contribution in [3.8, 4) is 5.75 Å². The molecule has 0 saturated carbocycles. The van der Waals surface area contributed by atoms with Crippen LogP contribution in [0, 0.1) is 0 Å². The molecule has 19 heavy (non-hydrogen) atoms. The minimum Gasteiger partial charge on any atom is -0.508 e. The third-order valence-electron chi connectivity index (χ3n) is 3.86. The monoisotopic (exact) mass is 253 g/mol. The van der Waals surface area contributed by atoms with E-state index in [1.165, 1.54) is 42.5 Å². The van der Waals surface area contributed by atoms with Gasteiger partial charge in [0.25, 0.3) is 0 Å². The van der Waals surface area contributed by atoms with Crippen LogP contribution in [-0.2, 0) is 19.4 Å². The van der Waals surface area contributed by atoms with Crippen molar-refractivity contribution in [1.29, 1.82) is 0 Å². The van der Waals surface area contributed by atoms with E-state index in [0.717, 1.165) is 5.56 Å². The zero-order valence-corrected chi connectivity index (χ0v) is 11.0. The van der Waals surface area contributed by atoms with Crippen LogP contribution >= 0.6 is 0 Å². The van der Waals surface area contributed by atoms with Crippen LogP contribution < -0.4 is 5.32 Å². The van der Waals surface area contributed by atoms with E-state index >= 15 is 0 Å². The minimum absolute atomic E-state index is 0.361. The molecular formula is C17H19NO. The Bertz CT molecular complexity index is 577. The molecule has 2 nitrogen and oxygen atoms in total. The Hall–Kier alpha value is -1.96. The number of aromatic hydroxyl groups is 1. The molecule has 98 valence electrons. The first-order valence-electron chi connectivity index (χ1n) is 6.96. The lowest BCUT2D eigenvalue weighted by Gasteiger charge is -2.20. The zero-order chi connectivity index (χ0) is 13.1. The number of phenols is 1. The van der Waals surface area contributed by atoms with E-state index in [2.05, 4.69) is 23.5 Å². The summed E-state index contributed by atoms with van der Waals surface area (Å²) >= 11 is 0. The fraction of sp³-hybridized carbons (Fsp3) is 0.294. The second-order valence-corrected chi connectivity index (χ2v) is 5.13. The molecule has 0 aromatic heterocycles. The van der Waals surface area contributed by atoms with Crippen molar-refractivity contribution in [2.45, 2.75) is 32.2 Å². The summed E-state index contributed by atoms with van der Waals surface area (Å²) < 4.78 is 0. The molecule has 0 saturated heterocycles. The minimum atomic E-state index is 0.361. The number of aryl methyl sites for hydroxylation is 1. The predicted molar refractivity (Wildman–Crippen MR) is 78.5 cm³/mol. The van der Waals surface area contributed by atoms with Gasteiger partial charge in [0, 0.05) is 17.8 Å². The van der Waals surface area contributed by atoms with Gasteiger partial charge in [-0.05, 0) is 48.9 Å². The van der Waals surface area contributed by atoms with E-state index in [-0.39, 0.29) is 0 Å². The average Bonchev–Trinajstić information content (AvgIpc) is 2.46. The summed E-state index contributed by atoms with van der Waals surface area (Å²) in [5.41, 5.74) is 5.11. The average molecular weight is 253 g/mol. The molecule has 1 aliphatic rings. The van der Waals surface area contributed by atoms with Gasteiger partial charge in [-0.1, -0.05) is 30.3 Å². The Morgan fingerprint density at radius 1 is 0.947 bits per heavy atom. The summed E-state index contributed by atoms with van der Waals surface area (Å²) in [6.45, 7) is 0.670. The molecule has 2 aromatic carbocycles. The Morgan fingerprint density at radius 2 is 1.79 bits per heavy atom. The van der Waals surface area contributed by atoms with E-state index in [0.29, 0.717) is 12.3 Å². The van der Waals surface area contributed by atoms with Gasteiger partial charge in [0.05, 0.1) is 0 Å². The van der Waals surface area contributed by atoms with Crippen molar-refractivity contribution < 1.29 is 5.11 Å². The maximum atomic E-state index is 9.79. The molecule has 2 aromatic rings. The molecule has 0 radical (unpaired) electrons. The predicted octanol–water partition coefficient (Wildman–Crippen LogP) is 3.88. The standard InChI is InChI=1S/C17H19NO/c19-17-11-4-2-7-14(17)12-18-16-10-5-8-13-6-1-3-9-15(13)16/h2,4-5,7-8,10-11,18-19H,1,3,6,9,12H2. The largest absolute Gasteiger partial charge is 0.508 e. The van der Waals surface area contributed by atoms with Crippen LogP contribution in [0.3, 0.4) is 0 Å². The van der Waals surface area contributed by atoms with Crippen LogP contribution in [0.25, 0.3) is 0 Å². The first kappa shape index (κ1) is 12.1. The van der Waals surface area contributed by atoms with Crippen LogP contribution in [0.5, 0.6) is 5.75 Å². The van der Waals surface area contributed by atoms with Gasteiger partial charge < -0.3 is 10.4 Å². The summed E-state index contributed by atoms with van der Waals surface area (Å²) in [5, 5.41) is 13.3. The zero-order valence-electron chi connectivity index (χ0n) is 11.0. The lowest BCUT2D eigenvalue weighted by Crippen LogP contribution is -2.08. The maximum absolute atomic E-state index is 9.79. The summed E-state index contributed by atoms with van der Waals surface area (Å²) in [7, 11) is 0. The highest BCUT2D eigenvalue weighted by atomic mass is 16.3. The number of nitrogens with one attached hydrogen (secondary N) is 1. The number of hydrogen-bond donors (Lipinski definition) is 2. The summed E-state index contributed by atoms with van der Waals surface area (Å²) in [5.74, 6) is 0.361. The smallest absolute Gasteiger partial charge is 0.120 e. The van der Waals surface area contributed by atoms with E-state index in [4.69, 9.17) is 0 Å². The fourth-order valence-corrected chi connectivity index (χ4v) is 2.80. The van der Waals surface area contributed by atoms with E-state index in [1.54, 1.807) is 6.07 Å². The molecule has 0 atom stereocenters. The summed E-state index contributed by atoms with van der Waals surface area (Å²) in [4.78, 5) is 0. The second-order valence-electron chi connectivity index (χ2n) is 5.13. The summed E-state index contributed by atoms with van der Waals surface area (Å²) in [6.07, 6.45) is 4.94. The van der Waals surface area contributed by atoms with E-state index < -0.39 is 0 Å². The molecule has 0 unspecified atom stereocenters. The molecule has 1 aliphatic carbocycles. The van der Waals surface area contributed by atoms with Gasteiger partial charge in [-0.2, -0.15) is 0 Å². The highest BCUT2D eigenvalue weighted by molar-refractivity contribution is 5.56. The Morgan fingerprint density at radius 3 is 2.68 bits per heavy atom. The van der Waals surface area contributed by atoms with Crippen LogP contribution in [0.15, 0.2) is 42.5 Å². The normalized spacial score (nSPS) is 13.9. The van der Waals surface area contributed by atoms with Gasteiger partial charge in [0.15, 0.2) is 0 Å². The molecule has 0 heterocycles. The van der Waals surface area contributed by atoms with Crippen molar-refractivity contribution in [3.05, 3.63) is 59.2 Å². The number of phenolic OH excluding ortho intramolecular Hbond substituents is 1. The highest BCUT2D eigenvalue weighted by Crippen LogP contribution is 2.28. The van der Waals surface area contributed by atoms with Crippen molar-refractivity contribution >= 4 is 5.69 Å². The van der Waals surface area contributed by atoms with Crippen molar-refractivity contribution in [1.82, 2.24) is 0 Å². The van der Waals surface area contributed by atoms with Crippen molar-refractivity contribution in [3.63, 3.8) is 0 Å². The van der Waals surface area contributed by atoms with Gasteiger partial charge in [-0.15, -0.1) is 0 Å². The van der Waals surface area contributed by atoms with Gasteiger partial charge in [-0.25, -0.2) is 0 Å². The van der Waals surface area contributed by atoms with Gasteiger partial charge in [0.2, 0.25) is 0 Å². The van der Waals surface area contributed by atoms with Gasteiger partial charge in [0.1, 0.15) is 5.75 Å². The Kier molecular flexibility index (Phi) is 3.41. The SMILES string of the molecule is Oc1ccccc1CNc1cccc2c1CCCC2. The molecule has 2 N–H and O–H groups in total. The molecule has 0 bridgehead atoms. The molecular weight excluding hydrogens is 234 g/mol. The highest BCUT2D eigenvalue weighted by Gasteiger charge is 2.12. The van der Waals surface area contributed by atoms with Crippen LogP contribution in [-0.4, -0.2) is 5.11 Å². The third-order valence-corrected chi connectivity index (χ3v) is 3.86. The number of rotatable bonds is 3. The molecule has 0 amide bonds. The molecule has 0 spiro atoms. The number of anilines is 1. The first-order chi connectivity index (χ1) is 9.34.